The van der Waals surface area contributed by atoms with E-state index in [4.69, 9.17) is 11.6 Å². The van der Waals surface area contributed by atoms with Crippen molar-refractivity contribution in [1.82, 2.24) is 5.32 Å². The fourth-order valence-corrected chi connectivity index (χ4v) is 3.44. The molecule has 5 nitrogen and oxygen atoms in total. The average Bonchev–Trinajstić information content (AvgIpc) is 2.32. The molecule has 118 valence electrons. The monoisotopic (exact) mass is 332 g/mol. The second-order valence-corrected chi connectivity index (χ2v) is 7.42. The van der Waals surface area contributed by atoms with Crippen LogP contribution < -0.4 is 9.62 Å². The first-order valence-corrected chi connectivity index (χ1v) is 8.94. The molecule has 0 saturated heterocycles. The van der Waals surface area contributed by atoms with Crippen LogP contribution >= 0.6 is 11.6 Å². The van der Waals surface area contributed by atoms with E-state index in [1.54, 1.807) is 25.1 Å². The topological polar surface area (TPSA) is 66.5 Å². The second-order valence-electron chi connectivity index (χ2n) is 5.13. The molecule has 0 fully saturated rings. The van der Waals surface area contributed by atoms with E-state index >= 15 is 0 Å². The van der Waals surface area contributed by atoms with Crippen LogP contribution in [0, 0.1) is 0 Å². The summed E-state index contributed by atoms with van der Waals surface area (Å²) in [4.78, 5) is 12.3. The summed E-state index contributed by atoms with van der Waals surface area (Å²) in [5.41, 5.74) is 0.385. The molecule has 7 heteroatoms. The number of sulfonamides is 1. The Morgan fingerprint density at radius 1 is 1.38 bits per heavy atom. The van der Waals surface area contributed by atoms with Crippen LogP contribution in [0.5, 0.6) is 0 Å². The van der Waals surface area contributed by atoms with Crippen molar-refractivity contribution in [3.05, 3.63) is 29.3 Å². The van der Waals surface area contributed by atoms with Crippen molar-refractivity contribution in [3.63, 3.8) is 0 Å². The zero-order valence-corrected chi connectivity index (χ0v) is 14.2. The molecule has 0 aliphatic rings. The molecule has 0 radical (unpaired) electrons. The third kappa shape index (κ3) is 4.89. The maximum absolute atomic E-state index is 12.3. The van der Waals surface area contributed by atoms with Crippen LogP contribution in [0.3, 0.4) is 0 Å². The Morgan fingerprint density at radius 3 is 2.43 bits per heavy atom. The SMILES string of the molecule is CC[C@H](C(=O)NC(C)C)N(c1cccc(Cl)c1)S(C)(=O)=O. The maximum Gasteiger partial charge on any atom is 0.244 e. The normalized spacial score (nSPS) is 13.0. The number of hydrogen-bond donors (Lipinski definition) is 1. The minimum atomic E-state index is -3.61. The number of carbonyl (C=O) groups is 1. The second kappa shape index (κ2) is 7.13. The standard InChI is InChI=1S/C14H21ClN2O3S/c1-5-13(14(18)16-10(2)3)17(21(4,19)20)12-8-6-7-11(15)9-12/h6-10,13H,5H2,1-4H3,(H,16,18)/t13-/m1/s1. The Kier molecular flexibility index (Phi) is 6.04. The highest BCUT2D eigenvalue weighted by Gasteiger charge is 2.31. The third-order valence-electron chi connectivity index (χ3n) is 2.82. The van der Waals surface area contributed by atoms with E-state index < -0.39 is 16.1 Å². The van der Waals surface area contributed by atoms with Crippen LogP contribution in [0.15, 0.2) is 24.3 Å². The smallest absolute Gasteiger partial charge is 0.244 e. The van der Waals surface area contributed by atoms with Gasteiger partial charge in [-0.3, -0.25) is 9.10 Å². The van der Waals surface area contributed by atoms with Crippen molar-refractivity contribution in [2.45, 2.75) is 39.3 Å². The molecule has 0 saturated carbocycles. The van der Waals surface area contributed by atoms with Gasteiger partial charge in [-0.15, -0.1) is 0 Å². The lowest BCUT2D eigenvalue weighted by molar-refractivity contribution is -0.122. The fourth-order valence-electron chi connectivity index (χ4n) is 2.05. The van der Waals surface area contributed by atoms with E-state index in [0.29, 0.717) is 17.1 Å². The van der Waals surface area contributed by atoms with Gasteiger partial charge < -0.3 is 5.32 Å². The third-order valence-corrected chi connectivity index (χ3v) is 4.24. The van der Waals surface area contributed by atoms with E-state index in [1.807, 2.05) is 13.8 Å². The van der Waals surface area contributed by atoms with Crippen molar-refractivity contribution in [1.29, 1.82) is 0 Å². The molecule has 1 N–H and O–H groups in total. The summed E-state index contributed by atoms with van der Waals surface area (Å²) in [6.45, 7) is 5.43. The molecular formula is C14H21ClN2O3S. The van der Waals surface area contributed by atoms with E-state index in [9.17, 15) is 13.2 Å². The first-order valence-electron chi connectivity index (χ1n) is 6.72. The molecule has 1 atom stereocenters. The molecule has 0 heterocycles. The van der Waals surface area contributed by atoms with E-state index in [1.165, 1.54) is 6.07 Å². The Bertz CT molecular complexity index is 602. The van der Waals surface area contributed by atoms with E-state index in [0.717, 1.165) is 10.6 Å². The highest BCUT2D eigenvalue weighted by Crippen LogP contribution is 2.25. The van der Waals surface area contributed by atoms with Crippen molar-refractivity contribution in [2.75, 3.05) is 10.6 Å². The number of benzene rings is 1. The fraction of sp³-hybridized carbons (Fsp3) is 0.500. The van der Waals surface area contributed by atoms with Gasteiger partial charge in [0.25, 0.3) is 0 Å². The number of amides is 1. The van der Waals surface area contributed by atoms with Gasteiger partial charge in [0.05, 0.1) is 11.9 Å². The number of nitrogens with zero attached hydrogens (tertiary/aromatic N) is 1. The van der Waals surface area contributed by atoms with Gasteiger partial charge in [0.2, 0.25) is 15.9 Å². The molecule has 0 aliphatic heterocycles. The number of halogens is 1. The Labute approximate surface area is 131 Å². The van der Waals surface area contributed by atoms with Gasteiger partial charge >= 0.3 is 0 Å². The van der Waals surface area contributed by atoms with Crippen molar-refractivity contribution < 1.29 is 13.2 Å². The lowest BCUT2D eigenvalue weighted by atomic mass is 10.2. The van der Waals surface area contributed by atoms with Crippen LogP contribution in [0.1, 0.15) is 27.2 Å². The van der Waals surface area contributed by atoms with Crippen molar-refractivity contribution in [2.24, 2.45) is 0 Å². The first-order chi connectivity index (χ1) is 9.66. The van der Waals surface area contributed by atoms with Gasteiger partial charge in [0.1, 0.15) is 6.04 Å². The van der Waals surface area contributed by atoms with Gasteiger partial charge in [-0.1, -0.05) is 24.6 Å². The quantitative estimate of drug-likeness (QED) is 0.870. The molecule has 21 heavy (non-hydrogen) atoms. The van der Waals surface area contributed by atoms with E-state index in [2.05, 4.69) is 5.32 Å². The molecule has 1 amide bonds. The minimum Gasteiger partial charge on any atom is -0.352 e. The predicted octanol–water partition coefficient (Wildman–Crippen LogP) is 2.41. The summed E-state index contributed by atoms with van der Waals surface area (Å²) in [5, 5.41) is 3.17. The Hall–Kier alpha value is -1.27. The molecule has 1 aromatic rings. The van der Waals surface area contributed by atoms with Gasteiger partial charge in [-0.25, -0.2) is 8.42 Å². The number of rotatable bonds is 6. The van der Waals surface area contributed by atoms with Crippen molar-refractivity contribution in [3.8, 4) is 0 Å². The minimum absolute atomic E-state index is 0.0627. The molecule has 0 unspecified atom stereocenters. The summed E-state index contributed by atoms with van der Waals surface area (Å²) < 4.78 is 25.4. The number of carbonyl (C=O) groups excluding carboxylic acids is 1. The Balaban J connectivity index is 3.27. The summed E-state index contributed by atoms with van der Waals surface area (Å²) in [7, 11) is -3.61. The summed E-state index contributed by atoms with van der Waals surface area (Å²) >= 11 is 5.93. The van der Waals surface area contributed by atoms with Crippen LogP contribution in [-0.4, -0.2) is 32.7 Å². The molecule has 1 aromatic carbocycles. The highest BCUT2D eigenvalue weighted by atomic mass is 35.5. The zero-order chi connectivity index (χ0) is 16.2. The van der Waals surface area contributed by atoms with Gasteiger partial charge in [-0.05, 0) is 38.5 Å². The lowest BCUT2D eigenvalue weighted by Gasteiger charge is -2.30. The number of hydrogen-bond acceptors (Lipinski definition) is 3. The average molecular weight is 333 g/mol. The molecule has 0 spiro atoms. The zero-order valence-electron chi connectivity index (χ0n) is 12.6. The molecule has 1 rings (SSSR count). The van der Waals surface area contributed by atoms with E-state index in [-0.39, 0.29) is 11.9 Å². The molecular weight excluding hydrogens is 312 g/mol. The van der Waals surface area contributed by atoms with Crippen LogP contribution in [0.2, 0.25) is 5.02 Å². The van der Waals surface area contributed by atoms with Crippen molar-refractivity contribution >= 4 is 33.2 Å². The highest BCUT2D eigenvalue weighted by molar-refractivity contribution is 7.92. The predicted molar refractivity (Wildman–Crippen MR) is 86.1 cm³/mol. The first kappa shape index (κ1) is 17.8. The summed E-state index contributed by atoms with van der Waals surface area (Å²) in [6.07, 6.45) is 1.44. The van der Waals surface area contributed by atoms with Crippen LogP contribution in [0.4, 0.5) is 5.69 Å². The van der Waals surface area contributed by atoms with Crippen LogP contribution in [0.25, 0.3) is 0 Å². The van der Waals surface area contributed by atoms with Gasteiger partial charge in [0.15, 0.2) is 0 Å². The molecule has 0 aliphatic carbocycles. The van der Waals surface area contributed by atoms with Gasteiger partial charge in [0, 0.05) is 11.1 Å². The summed E-state index contributed by atoms with van der Waals surface area (Å²) in [5.74, 6) is -0.321. The van der Waals surface area contributed by atoms with Gasteiger partial charge in [-0.2, -0.15) is 0 Å². The Morgan fingerprint density at radius 2 is 2.00 bits per heavy atom. The number of anilines is 1. The molecule has 0 bridgehead atoms. The lowest BCUT2D eigenvalue weighted by Crippen LogP contribution is -2.50. The number of nitrogens with one attached hydrogen (secondary N) is 1. The van der Waals surface area contributed by atoms with Crippen LogP contribution in [-0.2, 0) is 14.8 Å². The largest absolute Gasteiger partial charge is 0.352 e. The maximum atomic E-state index is 12.3. The summed E-state index contributed by atoms with van der Waals surface area (Å²) in [6, 6.07) is 5.60. The molecule has 0 aromatic heterocycles.